The van der Waals surface area contributed by atoms with Crippen LogP contribution in [0.4, 0.5) is 0 Å². The zero-order chi connectivity index (χ0) is 12.1. The summed E-state index contributed by atoms with van der Waals surface area (Å²) in [5, 5.41) is 9.74. The van der Waals surface area contributed by atoms with Gasteiger partial charge in [0.15, 0.2) is 0 Å². The van der Waals surface area contributed by atoms with Crippen LogP contribution in [0.25, 0.3) is 0 Å². The lowest BCUT2D eigenvalue weighted by Crippen LogP contribution is -2.12. The maximum absolute atomic E-state index is 8.76. The second kappa shape index (κ2) is 6.30. The average molecular weight is 264 g/mol. The molecule has 0 aliphatic rings. The second-order valence-corrected chi connectivity index (χ2v) is 4.33. The first-order valence-corrected chi connectivity index (χ1v) is 5.75. The van der Waals surface area contributed by atoms with Crippen molar-refractivity contribution in [2.24, 2.45) is 5.73 Å². The van der Waals surface area contributed by atoms with E-state index in [0.29, 0.717) is 28.6 Å². The first-order valence-electron chi connectivity index (χ1n) is 4.99. The van der Waals surface area contributed by atoms with Crippen LogP contribution in [0.5, 0.6) is 5.75 Å². The van der Waals surface area contributed by atoms with Crippen LogP contribution in [-0.4, -0.2) is 18.8 Å². The molecule has 1 aromatic rings. The lowest BCUT2D eigenvalue weighted by Gasteiger charge is -2.16. The van der Waals surface area contributed by atoms with E-state index >= 15 is 0 Å². The Hall–Kier alpha value is -0.480. The molecule has 5 heteroatoms. The minimum absolute atomic E-state index is 0.115. The van der Waals surface area contributed by atoms with Crippen LogP contribution in [-0.2, 0) is 0 Å². The Balaban J connectivity index is 3.00. The molecule has 1 unspecified atom stereocenters. The highest BCUT2D eigenvalue weighted by molar-refractivity contribution is 6.35. The number of ether oxygens (including phenoxy) is 1. The van der Waals surface area contributed by atoms with Crippen molar-refractivity contribution in [1.29, 1.82) is 0 Å². The van der Waals surface area contributed by atoms with Gasteiger partial charge < -0.3 is 15.6 Å². The number of benzene rings is 1. The standard InChI is InChI=1S/C11H15Cl2NO2/c1-16-11-8(10(14)3-2-4-15)5-7(12)6-9(11)13/h5-6,10,15H,2-4,14H2,1H3. The van der Waals surface area contributed by atoms with Crippen molar-refractivity contribution in [1.82, 2.24) is 0 Å². The third-order valence-corrected chi connectivity index (χ3v) is 2.81. The minimum Gasteiger partial charge on any atom is -0.495 e. The van der Waals surface area contributed by atoms with E-state index in [1.165, 1.54) is 7.11 Å². The number of aliphatic hydroxyl groups is 1. The molecule has 0 aromatic heterocycles. The van der Waals surface area contributed by atoms with Gasteiger partial charge in [0.2, 0.25) is 0 Å². The number of hydrogen-bond acceptors (Lipinski definition) is 3. The molecule has 16 heavy (non-hydrogen) atoms. The third-order valence-electron chi connectivity index (χ3n) is 2.31. The number of halogens is 2. The topological polar surface area (TPSA) is 55.5 Å². The molecule has 1 atom stereocenters. The fourth-order valence-electron chi connectivity index (χ4n) is 1.54. The Kier molecular flexibility index (Phi) is 5.35. The van der Waals surface area contributed by atoms with Gasteiger partial charge in [0.1, 0.15) is 5.75 Å². The van der Waals surface area contributed by atoms with Gasteiger partial charge in [0.05, 0.1) is 12.1 Å². The molecular formula is C11H15Cl2NO2. The molecule has 3 nitrogen and oxygen atoms in total. The number of methoxy groups -OCH3 is 1. The summed E-state index contributed by atoms with van der Waals surface area (Å²) in [6, 6.07) is 3.12. The number of nitrogens with two attached hydrogens (primary N) is 1. The van der Waals surface area contributed by atoms with E-state index in [-0.39, 0.29) is 12.6 Å². The SMILES string of the molecule is COc1c(Cl)cc(Cl)cc1C(N)CCCO. The molecule has 0 heterocycles. The summed E-state index contributed by atoms with van der Waals surface area (Å²) in [7, 11) is 1.54. The van der Waals surface area contributed by atoms with Gasteiger partial charge in [-0.2, -0.15) is 0 Å². The molecule has 0 amide bonds. The van der Waals surface area contributed by atoms with Gasteiger partial charge in [0.25, 0.3) is 0 Å². The third kappa shape index (κ3) is 3.25. The Morgan fingerprint density at radius 2 is 2.12 bits per heavy atom. The highest BCUT2D eigenvalue weighted by Crippen LogP contribution is 2.36. The summed E-state index contributed by atoms with van der Waals surface area (Å²) in [6.07, 6.45) is 1.29. The fourth-order valence-corrected chi connectivity index (χ4v) is 2.12. The van der Waals surface area contributed by atoms with Crippen LogP contribution in [0.3, 0.4) is 0 Å². The van der Waals surface area contributed by atoms with Gasteiger partial charge in [-0.3, -0.25) is 0 Å². The summed E-state index contributed by atoms with van der Waals surface area (Å²) in [5.74, 6) is 0.552. The summed E-state index contributed by atoms with van der Waals surface area (Å²) < 4.78 is 5.20. The molecule has 0 bridgehead atoms. The molecule has 0 saturated heterocycles. The molecule has 1 aromatic carbocycles. The van der Waals surface area contributed by atoms with Gasteiger partial charge in [-0.1, -0.05) is 23.2 Å². The van der Waals surface area contributed by atoms with Crippen molar-refractivity contribution in [3.05, 3.63) is 27.7 Å². The molecule has 0 radical (unpaired) electrons. The lowest BCUT2D eigenvalue weighted by atomic mass is 10.0. The maximum atomic E-state index is 8.76. The molecule has 3 N–H and O–H groups in total. The molecule has 0 fully saturated rings. The van der Waals surface area contributed by atoms with Crippen molar-refractivity contribution in [2.75, 3.05) is 13.7 Å². The first-order chi connectivity index (χ1) is 7.60. The monoisotopic (exact) mass is 263 g/mol. The number of aliphatic hydroxyl groups excluding tert-OH is 1. The van der Waals surface area contributed by atoms with Gasteiger partial charge in [0, 0.05) is 23.2 Å². The van der Waals surface area contributed by atoms with Crippen LogP contribution in [0.15, 0.2) is 12.1 Å². The fraction of sp³-hybridized carbons (Fsp3) is 0.455. The molecule has 0 spiro atoms. The first kappa shape index (κ1) is 13.6. The lowest BCUT2D eigenvalue weighted by molar-refractivity contribution is 0.279. The Morgan fingerprint density at radius 1 is 1.44 bits per heavy atom. The normalized spacial score (nSPS) is 12.6. The average Bonchev–Trinajstić information content (AvgIpc) is 2.24. The highest BCUT2D eigenvalue weighted by Gasteiger charge is 2.15. The van der Waals surface area contributed by atoms with E-state index < -0.39 is 0 Å². The molecule has 1 rings (SSSR count). The smallest absolute Gasteiger partial charge is 0.142 e. The van der Waals surface area contributed by atoms with E-state index in [2.05, 4.69) is 0 Å². The summed E-state index contributed by atoms with van der Waals surface area (Å²) in [5.41, 5.74) is 6.76. The summed E-state index contributed by atoms with van der Waals surface area (Å²) in [6.45, 7) is 0.115. The van der Waals surface area contributed by atoms with E-state index in [1.807, 2.05) is 0 Å². The zero-order valence-electron chi connectivity index (χ0n) is 9.04. The molecule has 0 aliphatic heterocycles. The molecular weight excluding hydrogens is 249 g/mol. The van der Waals surface area contributed by atoms with E-state index in [4.69, 9.17) is 38.8 Å². The van der Waals surface area contributed by atoms with Crippen LogP contribution < -0.4 is 10.5 Å². The van der Waals surface area contributed by atoms with E-state index in [0.717, 1.165) is 5.56 Å². The van der Waals surface area contributed by atoms with Gasteiger partial charge in [-0.25, -0.2) is 0 Å². The van der Waals surface area contributed by atoms with Crippen molar-refractivity contribution in [2.45, 2.75) is 18.9 Å². The van der Waals surface area contributed by atoms with Gasteiger partial charge in [-0.05, 0) is 25.0 Å². The van der Waals surface area contributed by atoms with Crippen molar-refractivity contribution in [3.8, 4) is 5.75 Å². The molecule has 90 valence electrons. The van der Waals surface area contributed by atoms with Crippen LogP contribution in [0.1, 0.15) is 24.4 Å². The van der Waals surface area contributed by atoms with Crippen LogP contribution >= 0.6 is 23.2 Å². The van der Waals surface area contributed by atoms with Gasteiger partial charge in [-0.15, -0.1) is 0 Å². The highest BCUT2D eigenvalue weighted by atomic mass is 35.5. The Labute approximate surface area is 105 Å². The van der Waals surface area contributed by atoms with E-state index in [9.17, 15) is 0 Å². The van der Waals surface area contributed by atoms with Crippen molar-refractivity contribution >= 4 is 23.2 Å². The number of hydrogen-bond donors (Lipinski definition) is 2. The van der Waals surface area contributed by atoms with Crippen LogP contribution in [0.2, 0.25) is 10.0 Å². The van der Waals surface area contributed by atoms with Crippen molar-refractivity contribution in [3.63, 3.8) is 0 Å². The summed E-state index contributed by atoms with van der Waals surface area (Å²) >= 11 is 11.9. The predicted octanol–water partition coefficient (Wildman–Crippen LogP) is 2.77. The Bertz CT molecular complexity index is 358. The molecule has 0 aliphatic carbocycles. The Morgan fingerprint density at radius 3 is 2.69 bits per heavy atom. The predicted molar refractivity (Wildman–Crippen MR) is 66.3 cm³/mol. The van der Waals surface area contributed by atoms with Crippen molar-refractivity contribution < 1.29 is 9.84 Å². The minimum atomic E-state index is -0.238. The molecule has 0 saturated carbocycles. The maximum Gasteiger partial charge on any atom is 0.142 e. The quantitative estimate of drug-likeness (QED) is 0.859. The number of rotatable bonds is 5. The zero-order valence-corrected chi connectivity index (χ0v) is 10.6. The van der Waals surface area contributed by atoms with Gasteiger partial charge >= 0.3 is 0 Å². The van der Waals surface area contributed by atoms with E-state index in [1.54, 1.807) is 12.1 Å². The second-order valence-electron chi connectivity index (χ2n) is 3.48. The summed E-state index contributed by atoms with van der Waals surface area (Å²) in [4.78, 5) is 0. The van der Waals surface area contributed by atoms with Crippen LogP contribution in [0, 0.1) is 0 Å². The largest absolute Gasteiger partial charge is 0.495 e.